The SMILES string of the molecule is Nc1nc(N)nc(COC(=O)C2CC=CCC2)n1. The summed E-state index contributed by atoms with van der Waals surface area (Å²) in [6.45, 7) is -0.0318. The lowest BCUT2D eigenvalue weighted by Crippen LogP contribution is -2.19. The molecule has 1 unspecified atom stereocenters. The highest BCUT2D eigenvalue weighted by atomic mass is 16.5. The van der Waals surface area contributed by atoms with Crippen LogP contribution in [0, 0.1) is 5.92 Å². The molecule has 1 aromatic rings. The number of nitrogen functional groups attached to an aromatic ring is 2. The number of ether oxygens (including phenoxy) is 1. The summed E-state index contributed by atoms with van der Waals surface area (Å²) in [6, 6.07) is 0. The van der Waals surface area contributed by atoms with Gasteiger partial charge in [0.15, 0.2) is 12.4 Å². The summed E-state index contributed by atoms with van der Waals surface area (Å²) < 4.78 is 5.14. The van der Waals surface area contributed by atoms with Crippen LogP contribution in [-0.2, 0) is 16.1 Å². The van der Waals surface area contributed by atoms with Crippen LogP contribution in [0.4, 0.5) is 11.9 Å². The van der Waals surface area contributed by atoms with Crippen molar-refractivity contribution in [2.75, 3.05) is 11.5 Å². The molecular weight excluding hydrogens is 234 g/mol. The fourth-order valence-electron chi connectivity index (χ4n) is 1.78. The number of nitrogens with two attached hydrogens (primary N) is 2. The first-order valence-corrected chi connectivity index (χ1v) is 5.72. The van der Waals surface area contributed by atoms with E-state index in [2.05, 4.69) is 21.0 Å². The summed E-state index contributed by atoms with van der Waals surface area (Å²) in [6.07, 6.45) is 6.51. The Bertz CT molecular complexity index is 454. The van der Waals surface area contributed by atoms with E-state index in [0.29, 0.717) is 0 Å². The number of esters is 1. The van der Waals surface area contributed by atoms with E-state index < -0.39 is 0 Å². The van der Waals surface area contributed by atoms with Gasteiger partial charge in [-0.15, -0.1) is 0 Å². The molecular formula is C11H15N5O2. The lowest BCUT2D eigenvalue weighted by Gasteiger charge is -2.15. The number of allylic oxidation sites excluding steroid dienone is 2. The molecule has 0 saturated carbocycles. The van der Waals surface area contributed by atoms with Gasteiger partial charge in [-0.2, -0.15) is 15.0 Å². The number of hydrogen-bond acceptors (Lipinski definition) is 7. The summed E-state index contributed by atoms with van der Waals surface area (Å²) in [4.78, 5) is 23.1. The number of hydrogen-bond donors (Lipinski definition) is 2. The molecule has 0 aliphatic heterocycles. The predicted molar refractivity (Wildman–Crippen MR) is 64.9 cm³/mol. The van der Waals surface area contributed by atoms with Gasteiger partial charge in [0, 0.05) is 0 Å². The van der Waals surface area contributed by atoms with E-state index in [1.165, 1.54) is 0 Å². The lowest BCUT2D eigenvalue weighted by molar-refractivity contribution is -0.150. The summed E-state index contributed by atoms with van der Waals surface area (Å²) in [5.41, 5.74) is 10.8. The van der Waals surface area contributed by atoms with E-state index in [1.54, 1.807) is 0 Å². The minimum atomic E-state index is -0.239. The van der Waals surface area contributed by atoms with Crippen LogP contribution in [0.2, 0.25) is 0 Å². The molecule has 4 N–H and O–H groups in total. The van der Waals surface area contributed by atoms with E-state index in [1.807, 2.05) is 6.08 Å². The fourth-order valence-corrected chi connectivity index (χ4v) is 1.78. The fraction of sp³-hybridized carbons (Fsp3) is 0.455. The Balaban J connectivity index is 1.90. The maximum absolute atomic E-state index is 11.8. The Morgan fingerprint density at radius 2 is 2.00 bits per heavy atom. The van der Waals surface area contributed by atoms with Crippen LogP contribution in [0.3, 0.4) is 0 Å². The smallest absolute Gasteiger partial charge is 0.309 e. The summed E-state index contributed by atoms with van der Waals surface area (Å²) >= 11 is 0. The highest BCUT2D eigenvalue weighted by Crippen LogP contribution is 2.19. The lowest BCUT2D eigenvalue weighted by atomic mass is 9.95. The minimum Gasteiger partial charge on any atom is -0.457 e. The van der Waals surface area contributed by atoms with Crippen LogP contribution in [0.25, 0.3) is 0 Å². The average molecular weight is 249 g/mol. The van der Waals surface area contributed by atoms with Gasteiger partial charge in [0.05, 0.1) is 5.92 Å². The van der Waals surface area contributed by atoms with Crippen LogP contribution < -0.4 is 11.5 Å². The number of anilines is 2. The van der Waals surface area contributed by atoms with Gasteiger partial charge in [0.25, 0.3) is 0 Å². The van der Waals surface area contributed by atoms with Crippen molar-refractivity contribution < 1.29 is 9.53 Å². The molecule has 1 aliphatic rings. The quantitative estimate of drug-likeness (QED) is 0.589. The average Bonchev–Trinajstić information content (AvgIpc) is 2.36. The van der Waals surface area contributed by atoms with Crippen molar-refractivity contribution in [2.24, 2.45) is 5.92 Å². The molecule has 1 heterocycles. The monoisotopic (exact) mass is 249 g/mol. The van der Waals surface area contributed by atoms with Gasteiger partial charge in [0.1, 0.15) is 0 Å². The first-order chi connectivity index (χ1) is 8.65. The van der Waals surface area contributed by atoms with Gasteiger partial charge < -0.3 is 16.2 Å². The normalized spacial score (nSPS) is 18.6. The zero-order valence-electron chi connectivity index (χ0n) is 9.87. The van der Waals surface area contributed by atoms with E-state index >= 15 is 0 Å². The van der Waals surface area contributed by atoms with Crippen molar-refractivity contribution in [1.29, 1.82) is 0 Å². The Kier molecular flexibility index (Phi) is 3.71. The van der Waals surface area contributed by atoms with Crippen molar-refractivity contribution in [3.8, 4) is 0 Å². The number of carbonyl (C=O) groups excluding carboxylic acids is 1. The van der Waals surface area contributed by atoms with Crippen molar-refractivity contribution in [1.82, 2.24) is 15.0 Å². The van der Waals surface area contributed by atoms with Crippen LogP contribution in [0.1, 0.15) is 25.1 Å². The molecule has 0 amide bonds. The Labute approximate surface area is 104 Å². The van der Waals surface area contributed by atoms with Crippen molar-refractivity contribution in [3.63, 3.8) is 0 Å². The zero-order chi connectivity index (χ0) is 13.0. The van der Waals surface area contributed by atoms with Crippen molar-refractivity contribution >= 4 is 17.9 Å². The Morgan fingerprint density at radius 3 is 2.61 bits per heavy atom. The van der Waals surface area contributed by atoms with Crippen LogP contribution in [0.5, 0.6) is 0 Å². The number of nitrogens with zero attached hydrogens (tertiary/aromatic N) is 3. The molecule has 96 valence electrons. The summed E-state index contributed by atoms with van der Waals surface area (Å²) in [5.74, 6) is -0.00793. The van der Waals surface area contributed by atoms with E-state index in [9.17, 15) is 4.79 Å². The largest absolute Gasteiger partial charge is 0.457 e. The molecule has 7 heteroatoms. The predicted octanol–water partition coefficient (Wildman–Crippen LogP) is 0.435. The third kappa shape index (κ3) is 3.16. The third-order valence-electron chi connectivity index (χ3n) is 2.66. The second-order valence-electron chi connectivity index (χ2n) is 4.06. The maximum atomic E-state index is 11.8. The number of carbonyl (C=O) groups is 1. The highest BCUT2D eigenvalue weighted by Gasteiger charge is 2.20. The summed E-state index contributed by atoms with van der Waals surface area (Å²) in [7, 11) is 0. The van der Waals surface area contributed by atoms with Crippen molar-refractivity contribution in [3.05, 3.63) is 18.0 Å². The molecule has 0 saturated heterocycles. The molecule has 1 atom stereocenters. The first-order valence-electron chi connectivity index (χ1n) is 5.72. The molecule has 0 spiro atoms. The van der Waals surface area contributed by atoms with Crippen LogP contribution >= 0.6 is 0 Å². The maximum Gasteiger partial charge on any atom is 0.309 e. The standard InChI is InChI=1S/C11H15N5O2/c12-10-14-8(15-11(13)16-10)6-18-9(17)7-4-2-1-3-5-7/h1-2,7H,3-6H2,(H4,12,13,14,15,16). The van der Waals surface area contributed by atoms with Gasteiger partial charge >= 0.3 is 5.97 Å². The number of rotatable bonds is 3. The van der Waals surface area contributed by atoms with Crippen molar-refractivity contribution in [2.45, 2.75) is 25.9 Å². The zero-order valence-corrected chi connectivity index (χ0v) is 9.87. The van der Waals surface area contributed by atoms with E-state index in [-0.39, 0.29) is 36.2 Å². The molecule has 0 fully saturated rings. The van der Waals surface area contributed by atoms with Gasteiger partial charge in [0.2, 0.25) is 11.9 Å². The second kappa shape index (κ2) is 5.44. The molecule has 1 aliphatic carbocycles. The topological polar surface area (TPSA) is 117 Å². The Hall–Kier alpha value is -2.18. The second-order valence-corrected chi connectivity index (χ2v) is 4.06. The third-order valence-corrected chi connectivity index (χ3v) is 2.66. The van der Waals surface area contributed by atoms with Gasteiger partial charge in [-0.1, -0.05) is 12.2 Å². The highest BCUT2D eigenvalue weighted by molar-refractivity contribution is 5.72. The molecule has 7 nitrogen and oxygen atoms in total. The summed E-state index contributed by atoms with van der Waals surface area (Å²) in [5, 5.41) is 0. The molecule has 0 aromatic carbocycles. The van der Waals surface area contributed by atoms with Crippen LogP contribution in [0.15, 0.2) is 12.2 Å². The van der Waals surface area contributed by atoms with E-state index in [0.717, 1.165) is 19.3 Å². The molecule has 0 radical (unpaired) electrons. The molecule has 0 bridgehead atoms. The first kappa shape index (κ1) is 12.3. The molecule has 18 heavy (non-hydrogen) atoms. The van der Waals surface area contributed by atoms with Gasteiger partial charge in [-0.25, -0.2) is 0 Å². The van der Waals surface area contributed by atoms with E-state index in [4.69, 9.17) is 16.2 Å². The molecule has 1 aromatic heterocycles. The minimum absolute atomic E-state index is 0.0224. The molecule has 2 rings (SSSR count). The van der Waals surface area contributed by atoms with Gasteiger partial charge in [-0.3, -0.25) is 4.79 Å². The van der Waals surface area contributed by atoms with Gasteiger partial charge in [-0.05, 0) is 19.3 Å². The number of aromatic nitrogens is 3. The Morgan fingerprint density at radius 1 is 1.28 bits per heavy atom. The van der Waals surface area contributed by atoms with Crippen LogP contribution in [-0.4, -0.2) is 20.9 Å².